The van der Waals surface area contributed by atoms with E-state index >= 15 is 0 Å². The summed E-state index contributed by atoms with van der Waals surface area (Å²) in [5.74, 6) is -0.816. The second kappa shape index (κ2) is 8.58. The summed E-state index contributed by atoms with van der Waals surface area (Å²) in [6.07, 6.45) is 1.16. The van der Waals surface area contributed by atoms with Gasteiger partial charge in [-0.15, -0.1) is 12.4 Å². The number of carboxylic acids is 1. The smallest absolute Gasteiger partial charge is 0.320 e. The van der Waals surface area contributed by atoms with E-state index in [4.69, 9.17) is 16.6 Å². The van der Waals surface area contributed by atoms with Crippen LogP contribution in [0.2, 0.25) is 0 Å². The van der Waals surface area contributed by atoms with E-state index in [0.29, 0.717) is 19.4 Å². The van der Waals surface area contributed by atoms with Gasteiger partial charge in [0.2, 0.25) is 0 Å². The van der Waals surface area contributed by atoms with Gasteiger partial charge in [-0.1, -0.05) is 0 Å². The van der Waals surface area contributed by atoms with Crippen molar-refractivity contribution in [2.45, 2.75) is 18.9 Å². The number of hydrogen-bond acceptors (Lipinski definition) is 3. The molecule has 0 aromatic heterocycles. The van der Waals surface area contributed by atoms with E-state index < -0.39 is 12.0 Å². The fourth-order valence-electron chi connectivity index (χ4n) is 0.895. The van der Waals surface area contributed by atoms with Crippen molar-refractivity contribution in [2.75, 3.05) is 13.6 Å². The highest BCUT2D eigenvalue weighted by Gasteiger charge is 2.13. The van der Waals surface area contributed by atoms with Crippen LogP contribution < -0.4 is 16.8 Å². The van der Waals surface area contributed by atoms with Crippen LogP contribution in [0.4, 0.5) is 0 Å². The molecule has 0 bridgehead atoms. The summed E-state index contributed by atoms with van der Waals surface area (Å²) >= 11 is 0. The van der Waals surface area contributed by atoms with Crippen LogP contribution >= 0.6 is 12.4 Å². The number of nitrogens with one attached hydrogen (secondary N) is 1. The quantitative estimate of drug-likeness (QED) is 0.266. The molecule has 0 aliphatic heterocycles. The van der Waals surface area contributed by atoms with Crippen molar-refractivity contribution < 1.29 is 9.90 Å². The van der Waals surface area contributed by atoms with Crippen molar-refractivity contribution in [3.05, 3.63) is 0 Å². The standard InChI is InChI=1S/C7H16N4O2.ClH/c1-10-5(6(12)13)3-2-4-11-7(8)9;/h5,10H,2-4H2,1H3,(H,12,13)(H4,8,9,11);1H/t5-;/m0./s1. The number of likely N-dealkylation sites (N-methyl/N-ethyl adjacent to an activating group) is 1. The molecule has 84 valence electrons. The Labute approximate surface area is 89.2 Å². The van der Waals surface area contributed by atoms with Gasteiger partial charge in [-0.25, -0.2) is 0 Å². The third-order valence-electron chi connectivity index (χ3n) is 1.59. The highest BCUT2D eigenvalue weighted by atomic mass is 35.5. The average molecular weight is 225 g/mol. The molecule has 14 heavy (non-hydrogen) atoms. The molecule has 0 aliphatic rings. The van der Waals surface area contributed by atoms with E-state index in [-0.39, 0.29) is 18.4 Å². The van der Waals surface area contributed by atoms with E-state index in [1.807, 2.05) is 0 Å². The maximum atomic E-state index is 10.5. The second-order valence-corrected chi connectivity index (χ2v) is 2.63. The highest BCUT2D eigenvalue weighted by molar-refractivity contribution is 5.85. The van der Waals surface area contributed by atoms with Gasteiger partial charge in [-0.2, -0.15) is 0 Å². The van der Waals surface area contributed by atoms with Crippen LogP contribution in [-0.4, -0.2) is 36.7 Å². The van der Waals surface area contributed by atoms with E-state index in [1.165, 1.54) is 0 Å². The summed E-state index contributed by atoms with van der Waals surface area (Å²) in [4.78, 5) is 14.3. The zero-order valence-corrected chi connectivity index (χ0v) is 8.88. The first kappa shape index (κ1) is 15.5. The molecule has 0 amide bonds. The predicted octanol–water partition coefficient (Wildman–Crippen LogP) is -0.866. The molecule has 0 rings (SSSR count). The van der Waals surface area contributed by atoms with Crippen molar-refractivity contribution in [1.29, 1.82) is 0 Å². The Morgan fingerprint density at radius 2 is 2.14 bits per heavy atom. The lowest BCUT2D eigenvalue weighted by atomic mass is 10.1. The Balaban J connectivity index is 0. The van der Waals surface area contributed by atoms with Gasteiger partial charge >= 0.3 is 5.97 Å². The molecule has 0 radical (unpaired) electrons. The van der Waals surface area contributed by atoms with E-state index in [2.05, 4.69) is 10.3 Å². The lowest BCUT2D eigenvalue weighted by Crippen LogP contribution is -2.33. The van der Waals surface area contributed by atoms with Crippen LogP contribution in [0.5, 0.6) is 0 Å². The number of carbonyl (C=O) groups is 1. The summed E-state index contributed by atoms with van der Waals surface area (Å²) in [5.41, 5.74) is 10.2. The number of nitrogens with two attached hydrogens (primary N) is 2. The lowest BCUT2D eigenvalue weighted by Gasteiger charge is -2.09. The molecule has 0 aromatic rings. The first-order chi connectivity index (χ1) is 6.07. The molecule has 0 heterocycles. The maximum Gasteiger partial charge on any atom is 0.320 e. The summed E-state index contributed by atoms with van der Waals surface area (Å²) in [6, 6.07) is -0.519. The molecular weight excluding hydrogens is 208 g/mol. The van der Waals surface area contributed by atoms with Gasteiger partial charge in [0.1, 0.15) is 6.04 Å². The van der Waals surface area contributed by atoms with Gasteiger partial charge in [0.05, 0.1) is 0 Å². The molecular formula is C7H17ClN4O2. The molecule has 0 fully saturated rings. The molecule has 6 N–H and O–H groups in total. The van der Waals surface area contributed by atoms with Crippen molar-refractivity contribution in [3.8, 4) is 0 Å². The van der Waals surface area contributed by atoms with Crippen molar-refractivity contribution in [1.82, 2.24) is 5.32 Å². The highest BCUT2D eigenvalue weighted by Crippen LogP contribution is 1.96. The Bertz CT molecular complexity index is 194. The molecule has 0 saturated carbocycles. The first-order valence-corrected chi connectivity index (χ1v) is 4.03. The monoisotopic (exact) mass is 224 g/mol. The summed E-state index contributed by atoms with van der Waals surface area (Å²) in [7, 11) is 1.61. The third kappa shape index (κ3) is 7.63. The van der Waals surface area contributed by atoms with Crippen LogP contribution in [0.25, 0.3) is 0 Å². The molecule has 0 spiro atoms. The molecule has 7 heteroatoms. The number of nitrogens with zero attached hydrogens (tertiary/aromatic N) is 1. The van der Waals surface area contributed by atoms with Crippen molar-refractivity contribution in [2.24, 2.45) is 16.5 Å². The Hall–Kier alpha value is -1.01. The van der Waals surface area contributed by atoms with Gasteiger partial charge in [0.25, 0.3) is 0 Å². The van der Waals surface area contributed by atoms with Crippen LogP contribution in [0.15, 0.2) is 4.99 Å². The maximum absolute atomic E-state index is 10.5. The molecule has 0 aromatic carbocycles. The predicted molar refractivity (Wildman–Crippen MR) is 57.6 cm³/mol. The number of guanidine groups is 1. The SMILES string of the molecule is CN[C@@H](CCCN=C(N)N)C(=O)O.Cl. The molecule has 6 nitrogen and oxygen atoms in total. The van der Waals surface area contributed by atoms with Gasteiger partial charge in [0, 0.05) is 6.54 Å². The number of halogens is 1. The van der Waals surface area contributed by atoms with E-state index in [9.17, 15) is 4.79 Å². The molecule has 0 saturated heterocycles. The van der Waals surface area contributed by atoms with Crippen molar-refractivity contribution in [3.63, 3.8) is 0 Å². The van der Waals surface area contributed by atoms with Crippen LogP contribution in [0.3, 0.4) is 0 Å². The van der Waals surface area contributed by atoms with Gasteiger partial charge in [0.15, 0.2) is 5.96 Å². The topological polar surface area (TPSA) is 114 Å². The number of aliphatic carboxylic acids is 1. The Morgan fingerprint density at radius 1 is 1.57 bits per heavy atom. The van der Waals surface area contributed by atoms with Crippen LogP contribution in [0, 0.1) is 0 Å². The zero-order chi connectivity index (χ0) is 10.3. The number of aliphatic imine (C=N–C) groups is 1. The normalized spacial score (nSPS) is 11.2. The van der Waals surface area contributed by atoms with Crippen molar-refractivity contribution >= 4 is 24.3 Å². The summed E-state index contributed by atoms with van der Waals surface area (Å²) in [6.45, 7) is 0.466. The summed E-state index contributed by atoms with van der Waals surface area (Å²) < 4.78 is 0. The largest absolute Gasteiger partial charge is 0.480 e. The molecule has 0 aliphatic carbocycles. The van der Waals surface area contributed by atoms with E-state index in [1.54, 1.807) is 7.05 Å². The second-order valence-electron chi connectivity index (χ2n) is 2.63. The number of rotatable bonds is 6. The minimum atomic E-state index is -0.854. The fraction of sp³-hybridized carbons (Fsp3) is 0.714. The van der Waals surface area contributed by atoms with Gasteiger partial charge in [-0.3, -0.25) is 9.79 Å². The molecule has 1 atom stereocenters. The zero-order valence-electron chi connectivity index (χ0n) is 8.06. The van der Waals surface area contributed by atoms with E-state index in [0.717, 1.165) is 0 Å². The molecule has 0 unspecified atom stereocenters. The minimum Gasteiger partial charge on any atom is -0.480 e. The summed E-state index contributed by atoms with van der Waals surface area (Å²) in [5, 5.41) is 11.3. The Morgan fingerprint density at radius 3 is 2.50 bits per heavy atom. The van der Waals surface area contributed by atoms with Crippen LogP contribution in [0.1, 0.15) is 12.8 Å². The fourth-order valence-corrected chi connectivity index (χ4v) is 0.895. The minimum absolute atomic E-state index is 0. The Kier molecular flexibility index (Phi) is 9.48. The van der Waals surface area contributed by atoms with Crippen LogP contribution in [-0.2, 0) is 4.79 Å². The number of hydrogen-bond donors (Lipinski definition) is 4. The number of carboxylic acid groups (broad SMARTS) is 1. The lowest BCUT2D eigenvalue weighted by molar-refractivity contribution is -0.139. The third-order valence-corrected chi connectivity index (χ3v) is 1.59. The average Bonchev–Trinajstić information content (AvgIpc) is 2.03. The van der Waals surface area contributed by atoms with Gasteiger partial charge in [-0.05, 0) is 19.9 Å². The van der Waals surface area contributed by atoms with Gasteiger partial charge < -0.3 is 21.9 Å². The first-order valence-electron chi connectivity index (χ1n) is 4.03.